The summed E-state index contributed by atoms with van der Waals surface area (Å²) in [7, 11) is 0. The van der Waals surface area contributed by atoms with Gasteiger partial charge in [0.05, 0.1) is 0 Å². The molecule has 0 radical (unpaired) electrons. The van der Waals surface area contributed by atoms with E-state index in [9.17, 15) is 4.79 Å². The van der Waals surface area contributed by atoms with Gasteiger partial charge in [0.25, 0.3) is 0 Å². The van der Waals surface area contributed by atoms with E-state index in [1.165, 1.54) is 17.5 Å². The Balaban J connectivity index is 1.34. The number of aryl methyl sites for hydroxylation is 1. The lowest BCUT2D eigenvalue weighted by molar-refractivity contribution is 0.0947. The first-order chi connectivity index (χ1) is 14.5. The number of hydrogen-bond acceptors (Lipinski definition) is 3. The smallest absolute Gasteiger partial charge is 0.198 e. The zero-order valence-corrected chi connectivity index (χ0v) is 18.9. The summed E-state index contributed by atoms with van der Waals surface area (Å²) in [6.07, 6.45) is 5.92. The predicted molar refractivity (Wildman–Crippen MR) is 126 cm³/mol. The number of piperidine rings is 1. The van der Waals surface area contributed by atoms with Crippen LogP contribution in [0.2, 0.25) is 0 Å². The lowest BCUT2D eigenvalue weighted by Gasteiger charge is -2.34. The molecule has 5 heteroatoms. The summed E-state index contributed by atoms with van der Waals surface area (Å²) in [5.74, 6) is 0.196. The number of halogens is 2. The quantitative estimate of drug-likeness (QED) is 0.431. The number of hydrogen-bond donors (Lipinski definition) is 1. The highest BCUT2D eigenvalue weighted by atomic mass is 35.5. The minimum atomic E-state index is -1.37. The molecule has 30 heavy (non-hydrogen) atoms. The van der Waals surface area contributed by atoms with Gasteiger partial charge in [0.15, 0.2) is 10.1 Å². The predicted octanol–water partition coefficient (Wildman–Crippen LogP) is 6.09. The van der Waals surface area contributed by atoms with E-state index in [0.717, 1.165) is 57.5 Å². The summed E-state index contributed by atoms with van der Waals surface area (Å²) in [6, 6.07) is 16.4. The van der Waals surface area contributed by atoms with E-state index in [-0.39, 0.29) is 5.78 Å². The number of rotatable bonds is 6. The number of benzene rings is 2. The van der Waals surface area contributed by atoms with Gasteiger partial charge in [-0.05, 0) is 74.7 Å². The fraction of sp³-hybridized carbons (Fsp3) is 0.480. The minimum Gasteiger partial charge on any atom is -0.385 e. The van der Waals surface area contributed by atoms with Crippen molar-refractivity contribution in [3.63, 3.8) is 0 Å². The van der Waals surface area contributed by atoms with Crippen LogP contribution in [-0.2, 0) is 13.0 Å². The molecule has 2 aliphatic heterocycles. The van der Waals surface area contributed by atoms with Crippen LogP contribution in [0, 0.1) is 5.92 Å². The number of carbonyl (C=O) groups excluding carboxylic acids is 1. The average Bonchev–Trinajstić information content (AvgIpc) is 3.00. The largest absolute Gasteiger partial charge is 0.385 e. The molecule has 0 atom stereocenters. The van der Waals surface area contributed by atoms with Crippen LogP contribution in [0.5, 0.6) is 0 Å². The van der Waals surface area contributed by atoms with Crippen molar-refractivity contribution in [3.05, 3.63) is 65.2 Å². The molecule has 0 amide bonds. The van der Waals surface area contributed by atoms with E-state index in [4.69, 9.17) is 23.2 Å². The molecule has 1 N–H and O–H groups in total. The van der Waals surface area contributed by atoms with Crippen LogP contribution in [0.15, 0.2) is 48.5 Å². The van der Waals surface area contributed by atoms with Gasteiger partial charge in [-0.3, -0.25) is 9.69 Å². The molecule has 2 aliphatic rings. The van der Waals surface area contributed by atoms with Crippen LogP contribution in [0.1, 0.15) is 53.6 Å². The second-order valence-corrected chi connectivity index (χ2v) is 10.2. The molecule has 2 heterocycles. The summed E-state index contributed by atoms with van der Waals surface area (Å²) >= 11 is 13.2. The van der Waals surface area contributed by atoms with Gasteiger partial charge in [0.2, 0.25) is 0 Å². The number of alkyl halides is 2. The molecule has 2 aromatic carbocycles. The molecule has 160 valence electrons. The molecule has 4 rings (SSSR count). The van der Waals surface area contributed by atoms with Crippen molar-refractivity contribution in [2.75, 3.05) is 25.0 Å². The molecule has 0 spiro atoms. The van der Waals surface area contributed by atoms with Crippen LogP contribution in [0.4, 0.5) is 5.69 Å². The highest BCUT2D eigenvalue weighted by Gasteiger charge is 2.38. The molecule has 2 aromatic rings. The summed E-state index contributed by atoms with van der Waals surface area (Å²) in [6.45, 7) is 3.95. The lowest BCUT2D eigenvalue weighted by Crippen LogP contribution is -2.37. The Bertz CT molecular complexity index is 861. The number of fused-ring (bicyclic) bond motifs is 1. The van der Waals surface area contributed by atoms with Crippen LogP contribution in [0.25, 0.3) is 0 Å². The van der Waals surface area contributed by atoms with Crippen molar-refractivity contribution >= 4 is 34.7 Å². The van der Waals surface area contributed by atoms with E-state index in [1.54, 1.807) is 0 Å². The molecular weight excluding hydrogens is 415 g/mol. The molecule has 0 aliphatic carbocycles. The number of ketones is 1. The molecule has 0 saturated carbocycles. The molecule has 0 unspecified atom stereocenters. The highest BCUT2D eigenvalue weighted by Crippen LogP contribution is 2.37. The highest BCUT2D eigenvalue weighted by molar-refractivity contribution is 6.59. The zero-order chi connectivity index (χ0) is 21.0. The topological polar surface area (TPSA) is 32.3 Å². The molecule has 0 aromatic heterocycles. The van der Waals surface area contributed by atoms with Gasteiger partial charge in [0.1, 0.15) is 0 Å². The minimum absolute atomic E-state index is 0.175. The number of anilines is 1. The Morgan fingerprint density at radius 2 is 1.83 bits per heavy atom. The normalized spacial score (nSPS) is 18.3. The van der Waals surface area contributed by atoms with Gasteiger partial charge in [0, 0.05) is 24.3 Å². The Labute approximate surface area is 189 Å². The van der Waals surface area contributed by atoms with Crippen LogP contribution < -0.4 is 5.32 Å². The fourth-order valence-corrected chi connectivity index (χ4v) is 5.28. The first kappa shape index (κ1) is 21.7. The Kier molecular flexibility index (Phi) is 7.02. The number of Topliss-reactive ketones (excluding diaryl/α,β-unsaturated/α-hetero) is 1. The van der Waals surface area contributed by atoms with Gasteiger partial charge >= 0.3 is 0 Å². The van der Waals surface area contributed by atoms with Crippen LogP contribution >= 0.6 is 23.2 Å². The standard InChI is InChI=1S/C25H30Cl2N2O/c26-25(27,24(30)22-10-9-21-8-4-5-13-28-23(21)16-22)17-19-11-14-29(15-12-19)18-20-6-2-1-3-7-20/h1-3,6-7,9-10,16,19,28H,4-5,8,11-15,17-18H2. The lowest BCUT2D eigenvalue weighted by atomic mass is 9.89. The van der Waals surface area contributed by atoms with Crippen molar-refractivity contribution in [1.29, 1.82) is 0 Å². The SMILES string of the molecule is O=C(c1ccc2c(c1)NCCCC2)C(Cl)(Cl)CC1CCN(Cc2ccccc2)CC1. The first-order valence-electron chi connectivity index (χ1n) is 11.1. The first-order valence-corrected chi connectivity index (χ1v) is 11.8. The molecular formula is C25H30Cl2N2O. The summed E-state index contributed by atoms with van der Waals surface area (Å²) in [4.78, 5) is 15.6. The van der Waals surface area contributed by atoms with Crippen molar-refractivity contribution in [1.82, 2.24) is 4.90 Å². The van der Waals surface area contributed by atoms with E-state index >= 15 is 0 Å². The molecule has 0 bridgehead atoms. The fourth-order valence-electron chi connectivity index (χ4n) is 4.62. The van der Waals surface area contributed by atoms with Gasteiger partial charge in [-0.15, -0.1) is 0 Å². The zero-order valence-electron chi connectivity index (χ0n) is 17.4. The van der Waals surface area contributed by atoms with E-state index in [1.807, 2.05) is 24.3 Å². The van der Waals surface area contributed by atoms with Crippen molar-refractivity contribution < 1.29 is 4.79 Å². The Morgan fingerprint density at radius 1 is 1.07 bits per heavy atom. The monoisotopic (exact) mass is 444 g/mol. The summed E-state index contributed by atoms with van der Waals surface area (Å²) in [5, 5.41) is 3.43. The van der Waals surface area contributed by atoms with Gasteiger partial charge in [-0.25, -0.2) is 0 Å². The average molecular weight is 445 g/mol. The second kappa shape index (κ2) is 9.72. The van der Waals surface area contributed by atoms with Crippen LogP contribution in [0.3, 0.4) is 0 Å². The third kappa shape index (κ3) is 5.38. The number of likely N-dealkylation sites (tertiary alicyclic amines) is 1. The Morgan fingerprint density at radius 3 is 2.60 bits per heavy atom. The summed E-state index contributed by atoms with van der Waals surface area (Å²) < 4.78 is -1.37. The number of nitrogens with zero attached hydrogens (tertiary/aromatic N) is 1. The van der Waals surface area contributed by atoms with E-state index in [2.05, 4.69) is 34.5 Å². The maximum Gasteiger partial charge on any atom is 0.198 e. The van der Waals surface area contributed by atoms with E-state index < -0.39 is 4.33 Å². The van der Waals surface area contributed by atoms with E-state index in [0.29, 0.717) is 17.9 Å². The van der Waals surface area contributed by atoms with Crippen molar-refractivity contribution in [2.45, 2.75) is 49.4 Å². The third-order valence-corrected chi connectivity index (χ3v) is 7.05. The molecule has 1 fully saturated rings. The maximum atomic E-state index is 13.1. The summed E-state index contributed by atoms with van der Waals surface area (Å²) in [5.41, 5.74) is 4.27. The molecule has 3 nitrogen and oxygen atoms in total. The van der Waals surface area contributed by atoms with Crippen molar-refractivity contribution in [2.24, 2.45) is 5.92 Å². The maximum absolute atomic E-state index is 13.1. The van der Waals surface area contributed by atoms with Crippen molar-refractivity contribution in [3.8, 4) is 0 Å². The van der Waals surface area contributed by atoms with Gasteiger partial charge < -0.3 is 5.32 Å². The molecule has 1 saturated heterocycles. The number of nitrogens with one attached hydrogen (secondary N) is 1. The Hall–Kier alpha value is -1.55. The van der Waals surface area contributed by atoms with Crippen LogP contribution in [-0.4, -0.2) is 34.7 Å². The number of carbonyl (C=O) groups is 1. The van der Waals surface area contributed by atoms with Gasteiger partial charge in [-0.2, -0.15) is 0 Å². The second-order valence-electron chi connectivity index (χ2n) is 8.70. The third-order valence-electron chi connectivity index (χ3n) is 6.39. The van der Waals surface area contributed by atoms with Gasteiger partial charge in [-0.1, -0.05) is 65.7 Å².